The summed E-state index contributed by atoms with van der Waals surface area (Å²) in [5, 5.41) is 0. The van der Waals surface area contributed by atoms with Crippen LogP contribution in [0.1, 0.15) is 37.7 Å². The van der Waals surface area contributed by atoms with Gasteiger partial charge >= 0.3 is 0 Å². The third-order valence-corrected chi connectivity index (χ3v) is 4.24. The van der Waals surface area contributed by atoms with E-state index >= 15 is 0 Å². The Kier molecular flexibility index (Phi) is 2.97. The minimum Gasteiger partial charge on any atom is -0.465 e. The summed E-state index contributed by atoms with van der Waals surface area (Å²) in [5.74, 6) is 2.20. The predicted molar refractivity (Wildman–Crippen MR) is 65.9 cm³/mol. The highest BCUT2D eigenvalue weighted by Gasteiger charge is 2.44. The van der Waals surface area contributed by atoms with Gasteiger partial charge < -0.3 is 9.15 Å². The third kappa shape index (κ3) is 2.02. The molecule has 2 fully saturated rings. The Hall–Kier alpha value is -0.800. The summed E-state index contributed by atoms with van der Waals surface area (Å²) in [6, 6.07) is 4.23. The van der Waals surface area contributed by atoms with Gasteiger partial charge in [0.25, 0.3) is 0 Å². The van der Waals surface area contributed by atoms with Gasteiger partial charge in [-0.15, -0.1) is 0 Å². The van der Waals surface area contributed by atoms with Crippen molar-refractivity contribution in [3.63, 3.8) is 0 Å². The molecule has 3 nitrogen and oxygen atoms in total. The highest BCUT2D eigenvalue weighted by molar-refractivity contribution is 5.09. The zero-order valence-corrected chi connectivity index (χ0v) is 10.6. The van der Waals surface area contributed by atoms with E-state index in [-0.39, 0.29) is 0 Å². The molecular weight excluding hydrogens is 214 g/mol. The lowest BCUT2D eigenvalue weighted by Crippen LogP contribution is -2.60. The van der Waals surface area contributed by atoms with Crippen LogP contribution in [-0.2, 0) is 17.7 Å². The minimum absolute atomic E-state index is 0.331. The van der Waals surface area contributed by atoms with Crippen LogP contribution in [0.4, 0.5) is 0 Å². The first-order valence-corrected chi connectivity index (χ1v) is 6.73. The fourth-order valence-electron chi connectivity index (χ4n) is 2.94. The zero-order chi connectivity index (χ0) is 11.7. The molecule has 17 heavy (non-hydrogen) atoms. The van der Waals surface area contributed by atoms with Gasteiger partial charge in [-0.1, -0.05) is 6.92 Å². The van der Waals surface area contributed by atoms with Crippen LogP contribution in [0, 0.1) is 0 Å². The molecule has 0 atom stereocenters. The van der Waals surface area contributed by atoms with Crippen molar-refractivity contribution >= 4 is 0 Å². The number of morpholine rings is 1. The lowest BCUT2D eigenvalue weighted by Gasteiger charge is -2.52. The highest BCUT2D eigenvalue weighted by Crippen LogP contribution is 2.40. The van der Waals surface area contributed by atoms with E-state index in [9.17, 15) is 0 Å². The van der Waals surface area contributed by atoms with E-state index in [4.69, 9.17) is 9.15 Å². The number of hydrogen-bond donors (Lipinski definition) is 0. The molecule has 0 radical (unpaired) electrons. The molecule has 1 aliphatic carbocycles. The average molecular weight is 235 g/mol. The molecule has 1 aliphatic heterocycles. The Morgan fingerprint density at radius 3 is 2.76 bits per heavy atom. The monoisotopic (exact) mass is 235 g/mol. The molecule has 0 unspecified atom stereocenters. The molecule has 2 aliphatic rings. The first-order valence-electron chi connectivity index (χ1n) is 6.73. The third-order valence-electron chi connectivity index (χ3n) is 4.24. The number of rotatable bonds is 3. The predicted octanol–water partition coefficient (Wildman–Crippen LogP) is 2.60. The van der Waals surface area contributed by atoms with Crippen molar-refractivity contribution in [2.24, 2.45) is 0 Å². The van der Waals surface area contributed by atoms with Gasteiger partial charge in [0.15, 0.2) is 0 Å². The number of furan rings is 1. The van der Waals surface area contributed by atoms with Crippen LogP contribution in [0.5, 0.6) is 0 Å². The maximum atomic E-state index is 5.81. The Morgan fingerprint density at radius 1 is 1.29 bits per heavy atom. The van der Waals surface area contributed by atoms with Crippen molar-refractivity contribution in [1.29, 1.82) is 0 Å². The number of ether oxygens (including phenoxy) is 1. The Labute approximate surface area is 103 Å². The molecule has 0 N–H and O–H groups in total. The SMILES string of the molecule is CCc1ccc(CN2CCOCC23CCC3)o1. The van der Waals surface area contributed by atoms with Gasteiger partial charge in [-0.25, -0.2) is 0 Å². The lowest BCUT2D eigenvalue weighted by molar-refractivity contribution is -0.113. The zero-order valence-electron chi connectivity index (χ0n) is 10.6. The van der Waals surface area contributed by atoms with Crippen molar-refractivity contribution < 1.29 is 9.15 Å². The fraction of sp³-hybridized carbons (Fsp3) is 0.714. The molecule has 1 spiro atoms. The van der Waals surface area contributed by atoms with Crippen molar-refractivity contribution in [3.05, 3.63) is 23.7 Å². The molecular formula is C14H21NO2. The molecule has 1 saturated carbocycles. The molecule has 3 heteroatoms. The van der Waals surface area contributed by atoms with Gasteiger partial charge in [0, 0.05) is 18.5 Å². The maximum absolute atomic E-state index is 5.81. The van der Waals surface area contributed by atoms with Crippen molar-refractivity contribution in [2.75, 3.05) is 19.8 Å². The van der Waals surface area contributed by atoms with Crippen LogP contribution in [0.15, 0.2) is 16.5 Å². The van der Waals surface area contributed by atoms with Gasteiger partial charge in [-0.05, 0) is 31.4 Å². The average Bonchev–Trinajstić information content (AvgIpc) is 2.75. The first kappa shape index (κ1) is 11.3. The van der Waals surface area contributed by atoms with Crippen LogP contribution < -0.4 is 0 Å². The second kappa shape index (κ2) is 4.46. The molecule has 2 heterocycles. The van der Waals surface area contributed by atoms with Crippen LogP contribution in [-0.4, -0.2) is 30.2 Å². The Bertz CT molecular complexity index is 381. The van der Waals surface area contributed by atoms with E-state index in [1.165, 1.54) is 19.3 Å². The largest absolute Gasteiger partial charge is 0.465 e. The molecule has 1 aromatic rings. The normalized spacial score (nSPS) is 23.8. The molecule has 1 aromatic heterocycles. The van der Waals surface area contributed by atoms with Gasteiger partial charge in [0.05, 0.1) is 19.8 Å². The fourth-order valence-corrected chi connectivity index (χ4v) is 2.94. The molecule has 94 valence electrons. The first-order chi connectivity index (χ1) is 8.32. The van der Waals surface area contributed by atoms with Crippen LogP contribution in [0.2, 0.25) is 0 Å². The molecule has 1 saturated heterocycles. The van der Waals surface area contributed by atoms with E-state index in [0.717, 1.165) is 44.2 Å². The number of aryl methyl sites for hydroxylation is 1. The van der Waals surface area contributed by atoms with Crippen molar-refractivity contribution in [2.45, 2.75) is 44.7 Å². The van der Waals surface area contributed by atoms with Gasteiger partial charge in [-0.2, -0.15) is 0 Å². The van der Waals surface area contributed by atoms with Gasteiger partial charge in [0.1, 0.15) is 11.5 Å². The summed E-state index contributed by atoms with van der Waals surface area (Å²) in [5.41, 5.74) is 0.331. The summed E-state index contributed by atoms with van der Waals surface area (Å²) in [6.45, 7) is 5.90. The van der Waals surface area contributed by atoms with Gasteiger partial charge in [0.2, 0.25) is 0 Å². The minimum atomic E-state index is 0.331. The quantitative estimate of drug-likeness (QED) is 0.805. The maximum Gasteiger partial charge on any atom is 0.118 e. The summed E-state index contributed by atoms with van der Waals surface area (Å²) in [4.78, 5) is 2.57. The second-order valence-electron chi connectivity index (χ2n) is 5.27. The summed E-state index contributed by atoms with van der Waals surface area (Å²) in [7, 11) is 0. The standard InChI is InChI=1S/C14H21NO2/c1-2-12-4-5-13(17-12)10-15-8-9-16-11-14(15)6-3-7-14/h4-5H,2-3,6-11H2,1H3. The van der Waals surface area contributed by atoms with E-state index in [1.54, 1.807) is 0 Å². The number of nitrogens with zero attached hydrogens (tertiary/aromatic N) is 1. The van der Waals surface area contributed by atoms with Crippen LogP contribution >= 0.6 is 0 Å². The molecule has 0 aromatic carbocycles. The summed E-state index contributed by atoms with van der Waals surface area (Å²) in [6.07, 6.45) is 4.90. The van der Waals surface area contributed by atoms with Crippen molar-refractivity contribution in [1.82, 2.24) is 4.90 Å². The summed E-state index contributed by atoms with van der Waals surface area (Å²) < 4.78 is 11.5. The topological polar surface area (TPSA) is 25.6 Å². The number of hydrogen-bond acceptors (Lipinski definition) is 3. The molecule has 0 amide bonds. The van der Waals surface area contributed by atoms with E-state index in [2.05, 4.69) is 24.0 Å². The lowest BCUT2D eigenvalue weighted by atomic mass is 9.75. The highest BCUT2D eigenvalue weighted by atomic mass is 16.5. The van der Waals surface area contributed by atoms with Gasteiger partial charge in [-0.3, -0.25) is 4.90 Å². The Balaban J connectivity index is 1.70. The van der Waals surface area contributed by atoms with Crippen molar-refractivity contribution in [3.8, 4) is 0 Å². The molecule has 3 rings (SSSR count). The van der Waals surface area contributed by atoms with Crippen LogP contribution in [0.3, 0.4) is 0 Å². The summed E-state index contributed by atoms with van der Waals surface area (Å²) >= 11 is 0. The van der Waals surface area contributed by atoms with E-state index in [0.29, 0.717) is 5.54 Å². The Morgan fingerprint density at radius 2 is 2.12 bits per heavy atom. The van der Waals surface area contributed by atoms with E-state index in [1.807, 2.05) is 0 Å². The van der Waals surface area contributed by atoms with E-state index < -0.39 is 0 Å². The molecule has 0 bridgehead atoms. The second-order valence-corrected chi connectivity index (χ2v) is 5.27. The smallest absolute Gasteiger partial charge is 0.118 e. The van der Waals surface area contributed by atoms with Crippen LogP contribution in [0.25, 0.3) is 0 Å².